The van der Waals surface area contributed by atoms with Crippen LogP contribution in [0.1, 0.15) is 11.1 Å². The first-order chi connectivity index (χ1) is 15.9. The van der Waals surface area contributed by atoms with E-state index in [1.165, 1.54) is 0 Å². The lowest BCUT2D eigenvalue weighted by Crippen LogP contribution is -2.14. The van der Waals surface area contributed by atoms with Gasteiger partial charge in [-0.1, -0.05) is 29.8 Å². The Labute approximate surface area is 191 Å². The third-order valence-corrected chi connectivity index (χ3v) is 6.75. The Bertz CT molecular complexity index is 1580. The predicted octanol–water partition coefficient (Wildman–Crippen LogP) is 4.27. The maximum atomic E-state index is 13.0. The zero-order valence-corrected chi connectivity index (χ0v) is 18.8. The first-order valence-electron chi connectivity index (χ1n) is 10.2. The lowest BCUT2D eigenvalue weighted by Gasteiger charge is -2.12. The molecule has 0 aliphatic carbocycles. The Morgan fingerprint density at radius 1 is 0.879 bits per heavy atom. The van der Waals surface area contributed by atoms with Crippen molar-refractivity contribution in [2.45, 2.75) is 18.7 Å². The van der Waals surface area contributed by atoms with Crippen molar-refractivity contribution in [1.29, 1.82) is 0 Å². The standard InChI is InChI=1S/C24H20N6O2S/c1-16-8-10-22(17(2)13-16)33(31,32)29-20-7-3-5-18(14-20)21-9-11-23-26-27-24(30(23)28-21)19-6-4-12-25-15-19/h3-15,29H,1-2H3. The molecule has 0 atom stereocenters. The SMILES string of the molecule is Cc1ccc(S(=O)(=O)Nc2cccc(-c3ccc4nnc(-c5cccnc5)n4n3)c2)c(C)c1. The van der Waals surface area contributed by atoms with E-state index in [2.05, 4.69) is 25.0 Å². The number of aryl methyl sites for hydroxylation is 2. The molecule has 0 saturated carbocycles. The second-order valence-corrected chi connectivity index (χ2v) is 9.36. The number of nitrogens with one attached hydrogen (secondary N) is 1. The van der Waals surface area contributed by atoms with Crippen LogP contribution in [-0.2, 0) is 10.0 Å². The number of pyridine rings is 1. The van der Waals surface area contributed by atoms with Crippen LogP contribution in [0.4, 0.5) is 5.69 Å². The smallest absolute Gasteiger partial charge is 0.262 e. The van der Waals surface area contributed by atoms with E-state index in [1.807, 2.05) is 43.3 Å². The summed E-state index contributed by atoms with van der Waals surface area (Å²) in [5.74, 6) is 0.576. The van der Waals surface area contributed by atoms with Gasteiger partial charge in [-0.3, -0.25) is 9.71 Å². The highest BCUT2D eigenvalue weighted by Gasteiger charge is 2.17. The van der Waals surface area contributed by atoms with E-state index in [-0.39, 0.29) is 4.90 Å². The summed E-state index contributed by atoms with van der Waals surface area (Å²) in [5, 5.41) is 13.1. The lowest BCUT2D eigenvalue weighted by atomic mass is 10.1. The minimum absolute atomic E-state index is 0.253. The van der Waals surface area contributed by atoms with Gasteiger partial charge in [-0.05, 0) is 61.9 Å². The van der Waals surface area contributed by atoms with Gasteiger partial charge in [0.05, 0.1) is 10.6 Å². The summed E-state index contributed by atoms with van der Waals surface area (Å²) in [4.78, 5) is 4.39. The van der Waals surface area contributed by atoms with Crippen molar-refractivity contribution in [2.75, 3.05) is 4.72 Å². The highest BCUT2D eigenvalue weighted by molar-refractivity contribution is 7.92. The third kappa shape index (κ3) is 4.06. The largest absolute Gasteiger partial charge is 0.280 e. The van der Waals surface area contributed by atoms with Gasteiger partial charge in [-0.2, -0.15) is 9.61 Å². The summed E-state index contributed by atoms with van der Waals surface area (Å²) < 4.78 is 30.3. The topological polar surface area (TPSA) is 102 Å². The molecule has 5 rings (SSSR count). The molecule has 0 amide bonds. The fraction of sp³-hybridized carbons (Fsp3) is 0.0833. The van der Waals surface area contributed by atoms with Gasteiger partial charge in [0.1, 0.15) is 0 Å². The number of sulfonamides is 1. The number of rotatable bonds is 5. The van der Waals surface area contributed by atoms with Crippen LogP contribution in [0.5, 0.6) is 0 Å². The average Bonchev–Trinajstić information content (AvgIpc) is 3.22. The molecular weight excluding hydrogens is 436 g/mol. The predicted molar refractivity (Wildman–Crippen MR) is 126 cm³/mol. The van der Waals surface area contributed by atoms with Gasteiger partial charge in [0.15, 0.2) is 11.5 Å². The van der Waals surface area contributed by atoms with Crippen LogP contribution in [0.3, 0.4) is 0 Å². The van der Waals surface area contributed by atoms with Crippen LogP contribution in [0, 0.1) is 13.8 Å². The van der Waals surface area contributed by atoms with Crippen molar-refractivity contribution in [3.8, 4) is 22.6 Å². The summed E-state index contributed by atoms with van der Waals surface area (Å²) in [6.07, 6.45) is 3.39. The third-order valence-electron chi connectivity index (χ3n) is 5.21. The van der Waals surface area contributed by atoms with Gasteiger partial charge < -0.3 is 0 Å². The zero-order chi connectivity index (χ0) is 23.0. The Morgan fingerprint density at radius 2 is 1.73 bits per heavy atom. The minimum Gasteiger partial charge on any atom is -0.280 e. The van der Waals surface area contributed by atoms with Crippen LogP contribution in [0.2, 0.25) is 0 Å². The lowest BCUT2D eigenvalue weighted by molar-refractivity contribution is 0.600. The van der Waals surface area contributed by atoms with Crippen molar-refractivity contribution in [3.63, 3.8) is 0 Å². The van der Waals surface area contributed by atoms with Gasteiger partial charge in [-0.15, -0.1) is 10.2 Å². The minimum atomic E-state index is -3.73. The van der Waals surface area contributed by atoms with E-state index < -0.39 is 10.0 Å². The van der Waals surface area contributed by atoms with Gasteiger partial charge >= 0.3 is 0 Å². The molecule has 0 fully saturated rings. The van der Waals surface area contributed by atoms with Crippen molar-refractivity contribution in [2.24, 2.45) is 0 Å². The van der Waals surface area contributed by atoms with E-state index in [9.17, 15) is 8.42 Å². The summed E-state index contributed by atoms with van der Waals surface area (Å²) in [6, 6.07) is 19.7. The van der Waals surface area contributed by atoms with Crippen LogP contribution in [0.15, 0.2) is 84.0 Å². The fourth-order valence-electron chi connectivity index (χ4n) is 3.67. The molecule has 3 aromatic heterocycles. The van der Waals surface area contributed by atoms with Gasteiger partial charge in [0.25, 0.3) is 10.0 Å². The number of anilines is 1. The maximum Gasteiger partial charge on any atom is 0.262 e. The van der Waals surface area contributed by atoms with Crippen LogP contribution in [0.25, 0.3) is 28.3 Å². The van der Waals surface area contributed by atoms with E-state index in [0.717, 1.165) is 16.7 Å². The molecule has 9 heteroatoms. The van der Waals surface area contributed by atoms with Crippen molar-refractivity contribution >= 4 is 21.4 Å². The van der Waals surface area contributed by atoms with E-state index >= 15 is 0 Å². The Morgan fingerprint density at radius 3 is 2.52 bits per heavy atom. The van der Waals surface area contributed by atoms with Crippen LogP contribution < -0.4 is 4.72 Å². The monoisotopic (exact) mass is 456 g/mol. The number of aromatic nitrogens is 5. The molecule has 5 aromatic rings. The summed E-state index contributed by atoms with van der Waals surface area (Å²) >= 11 is 0. The van der Waals surface area contributed by atoms with E-state index in [1.54, 1.807) is 54.2 Å². The normalized spacial score (nSPS) is 11.6. The fourth-order valence-corrected chi connectivity index (χ4v) is 4.95. The molecule has 2 aromatic carbocycles. The van der Waals surface area contributed by atoms with Gasteiger partial charge in [0.2, 0.25) is 0 Å². The molecule has 3 heterocycles. The zero-order valence-electron chi connectivity index (χ0n) is 18.0. The maximum absolute atomic E-state index is 13.0. The highest BCUT2D eigenvalue weighted by atomic mass is 32.2. The van der Waals surface area contributed by atoms with Gasteiger partial charge in [0, 0.05) is 29.2 Å². The first kappa shape index (κ1) is 20.8. The highest BCUT2D eigenvalue weighted by Crippen LogP contribution is 2.25. The number of hydrogen-bond donors (Lipinski definition) is 1. The molecule has 1 N–H and O–H groups in total. The molecule has 0 unspecified atom stereocenters. The number of benzene rings is 2. The number of fused-ring (bicyclic) bond motifs is 1. The quantitative estimate of drug-likeness (QED) is 0.424. The Kier molecular flexibility index (Phi) is 5.10. The van der Waals surface area contributed by atoms with E-state index in [4.69, 9.17) is 0 Å². The number of nitrogens with zero attached hydrogens (tertiary/aromatic N) is 5. The Balaban J connectivity index is 1.50. The Hall–Kier alpha value is -4.11. The molecule has 8 nitrogen and oxygen atoms in total. The molecule has 0 spiro atoms. The average molecular weight is 457 g/mol. The summed E-state index contributed by atoms with van der Waals surface area (Å²) in [7, 11) is -3.73. The van der Waals surface area contributed by atoms with Crippen LogP contribution >= 0.6 is 0 Å². The van der Waals surface area contributed by atoms with Gasteiger partial charge in [-0.25, -0.2) is 8.42 Å². The first-order valence-corrected chi connectivity index (χ1v) is 11.7. The molecule has 0 radical (unpaired) electrons. The van der Waals surface area contributed by atoms with Crippen molar-refractivity contribution in [3.05, 3.63) is 90.3 Å². The molecule has 0 aliphatic rings. The summed E-state index contributed by atoms with van der Waals surface area (Å²) in [5.41, 5.74) is 4.96. The molecule has 0 bridgehead atoms. The molecule has 0 aliphatic heterocycles. The molecular formula is C24H20N6O2S. The second-order valence-electron chi connectivity index (χ2n) is 7.71. The number of hydrogen-bond acceptors (Lipinski definition) is 6. The molecule has 164 valence electrons. The second kappa shape index (κ2) is 8.10. The molecule has 33 heavy (non-hydrogen) atoms. The van der Waals surface area contributed by atoms with Crippen LogP contribution in [-0.4, -0.2) is 33.2 Å². The van der Waals surface area contributed by atoms with E-state index in [0.29, 0.717) is 28.4 Å². The summed E-state index contributed by atoms with van der Waals surface area (Å²) in [6.45, 7) is 3.72. The van der Waals surface area contributed by atoms with Crippen molar-refractivity contribution < 1.29 is 8.42 Å². The van der Waals surface area contributed by atoms with Crippen molar-refractivity contribution in [1.82, 2.24) is 24.8 Å². The molecule has 0 saturated heterocycles.